The highest BCUT2D eigenvalue weighted by molar-refractivity contribution is 6.04. The van der Waals surface area contributed by atoms with Crippen molar-refractivity contribution >= 4 is 22.8 Å². The number of anilines is 1. The van der Waals surface area contributed by atoms with Crippen LogP contribution in [0.15, 0.2) is 55.0 Å². The van der Waals surface area contributed by atoms with Crippen LogP contribution in [0.5, 0.6) is 11.5 Å². The van der Waals surface area contributed by atoms with E-state index >= 15 is 0 Å². The van der Waals surface area contributed by atoms with Gasteiger partial charge in [-0.05, 0) is 76.1 Å². The Morgan fingerprint density at radius 1 is 0.895 bits per heavy atom. The van der Waals surface area contributed by atoms with Crippen molar-refractivity contribution in [1.29, 1.82) is 0 Å². The largest absolute Gasteiger partial charge is 0.490 e. The lowest BCUT2D eigenvalue weighted by Gasteiger charge is -2.13. The number of nitrogens with zero attached hydrogens (tertiary/aromatic N) is 6. The molecule has 1 amide bonds. The SMILES string of the molecule is CCOc1ccc(C(=O)Nc2cc(C)nn2-c2ncnc3c2cnn3-c2ccc(C)c(C)c2)cc1OCC. The van der Waals surface area contributed by atoms with Gasteiger partial charge in [-0.15, -0.1) is 0 Å². The zero-order valence-corrected chi connectivity index (χ0v) is 22.0. The summed E-state index contributed by atoms with van der Waals surface area (Å²) in [6, 6.07) is 13.0. The maximum Gasteiger partial charge on any atom is 0.256 e. The highest BCUT2D eigenvalue weighted by Gasteiger charge is 2.19. The van der Waals surface area contributed by atoms with E-state index in [1.54, 1.807) is 39.8 Å². The van der Waals surface area contributed by atoms with E-state index in [1.165, 1.54) is 11.9 Å². The molecular formula is C28H29N7O3. The van der Waals surface area contributed by atoms with Crippen LogP contribution in [-0.2, 0) is 0 Å². The third-order valence-corrected chi connectivity index (χ3v) is 6.16. The summed E-state index contributed by atoms with van der Waals surface area (Å²) in [5.74, 6) is 1.78. The number of fused-ring (bicyclic) bond motifs is 1. The summed E-state index contributed by atoms with van der Waals surface area (Å²) in [6.45, 7) is 10.7. The average Bonchev–Trinajstić information content (AvgIpc) is 3.50. The number of hydrogen-bond acceptors (Lipinski definition) is 7. The van der Waals surface area contributed by atoms with Crippen LogP contribution in [0.25, 0.3) is 22.5 Å². The van der Waals surface area contributed by atoms with Gasteiger partial charge in [0, 0.05) is 11.6 Å². The van der Waals surface area contributed by atoms with Gasteiger partial charge in [-0.1, -0.05) is 6.07 Å². The van der Waals surface area contributed by atoms with Gasteiger partial charge in [0.1, 0.15) is 12.1 Å². The molecule has 2 aromatic carbocycles. The second kappa shape index (κ2) is 10.3. The van der Waals surface area contributed by atoms with Crippen molar-refractivity contribution in [3.8, 4) is 23.0 Å². The van der Waals surface area contributed by atoms with Crippen LogP contribution in [0.4, 0.5) is 5.82 Å². The molecule has 0 radical (unpaired) electrons. The Bertz CT molecular complexity index is 1640. The fraction of sp³-hybridized carbons (Fsp3) is 0.250. The quantitative estimate of drug-likeness (QED) is 0.313. The van der Waals surface area contributed by atoms with E-state index in [0.717, 1.165) is 16.9 Å². The molecule has 38 heavy (non-hydrogen) atoms. The Morgan fingerprint density at radius 2 is 1.68 bits per heavy atom. The number of rotatable bonds is 8. The number of ether oxygens (including phenoxy) is 2. The summed E-state index contributed by atoms with van der Waals surface area (Å²) in [4.78, 5) is 22.2. The van der Waals surface area contributed by atoms with Crippen molar-refractivity contribution in [3.63, 3.8) is 0 Å². The van der Waals surface area contributed by atoms with Crippen molar-refractivity contribution in [2.45, 2.75) is 34.6 Å². The molecule has 0 bridgehead atoms. The van der Waals surface area contributed by atoms with E-state index in [2.05, 4.69) is 51.5 Å². The van der Waals surface area contributed by atoms with E-state index in [-0.39, 0.29) is 5.91 Å². The number of nitrogens with one attached hydrogen (secondary N) is 1. The molecule has 3 heterocycles. The molecule has 0 unspecified atom stereocenters. The fourth-order valence-corrected chi connectivity index (χ4v) is 4.18. The Labute approximate surface area is 220 Å². The normalized spacial score (nSPS) is 11.1. The zero-order chi connectivity index (χ0) is 26.8. The average molecular weight is 512 g/mol. The Kier molecular flexibility index (Phi) is 6.78. The summed E-state index contributed by atoms with van der Waals surface area (Å²) < 4.78 is 14.7. The van der Waals surface area contributed by atoms with E-state index in [9.17, 15) is 4.79 Å². The van der Waals surface area contributed by atoms with Crippen molar-refractivity contribution in [2.24, 2.45) is 0 Å². The lowest BCUT2D eigenvalue weighted by Crippen LogP contribution is -2.16. The van der Waals surface area contributed by atoms with Gasteiger partial charge in [0.05, 0.1) is 36.2 Å². The van der Waals surface area contributed by atoms with Crippen LogP contribution in [0, 0.1) is 20.8 Å². The maximum atomic E-state index is 13.2. The maximum absolute atomic E-state index is 13.2. The highest BCUT2D eigenvalue weighted by atomic mass is 16.5. The standard InChI is InChI=1S/C28H29N7O3/c1-6-37-23-11-9-20(14-24(23)38-7-2)28(36)32-25-13-19(5)33-35(25)27-22-15-31-34(26(22)29-16-30-27)21-10-8-17(3)18(4)12-21/h8-16H,6-7H2,1-5H3,(H,32,36). The first-order chi connectivity index (χ1) is 18.4. The Hall–Kier alpha value is -4.73. The number of carbonyl (C=O) groups is 1. The zero-order valence-electron chi connectivity index (χ0n) is 22.0. The predicted molar refractivity (Wildman–Crippen MR) is 145 cm³/mol. The van der Waals surface area contributed by atoms with Gasteiger partial charge >= 0.3 is 0 Å². The van der Waals surface area contributed by atoms with Crippen molar-refractivity contribution in [3.05, 3.63) is 77.4 Å². The molecule has 0 aliphatic carbocycles. The molecule has 0 saturated heterocycles. The number of carbonyl (C=O) groups excluding carboxylic acids is 1. The van der Waals surface area contributed by atoms with Gasteiger partial charge in [-0.3, -0.25) is 4.79 Å². The van der Waals surface area contributed by atoms with Crippen LogP contribution in [0.2, 0.25) is 0 Å². The summed E-state index contributed by atoms with van der Waals surface area (Å²) in [5, 5.41) is 12.8. The van der Waals surface area contributed by atoms with Crippen LogP contribution in [0.3, 0.4) is 0 Å². The molecule has 0 atom stereocenters. The monoisotopic (exact) mass is 511 g/mol. The first kappa shape index (κ1) is 24.9. The molecule has 0 aliphatic rings. The predicted octanol–water partition coefficient (Wildman–Crippen LogP) is 4.98. The third kappa shape index (κ3) is 4.68. The smallest absolute Gasteiger partial charge is 0.256 e. The van der Waals surface area contributed by atoms with Crippen molar-refractivity contribution in [1.82, 2.24) is 29.5 Å². The minimum atomic E-state index is -0.314. The fourth-order valence-electron chi connectivity index (χ4n) is 4.18. The second-order valence-electron chi connectivity index (χ2n) is 8.82. The highest BCUT2D eigenvalue weighted by Crippen LogP contribution is 2.30. The number of aromatic nitrogens is 6. The van der Waals surface area contributed by atoms with Crippen LogP contribution < -0.4 is 14.8 Å². The van der Waals surface area contributed by atoms with Gasteiger partial charge in [0.2, 0.25) is 0 Å². The number of benzene rings is 2. The number of hydrogen-bond donors (Lipinski definition) is 1. The summed E-state index contributed by atoms with van der Waals surface area (Å²) >= 11 is 0. The van der Waals surface area contributed by atoms with Crippen molar-refractivity contribution < 1.29 is 14.3 Å². The van der Waals surface area contributed by atoms with Gasteiger partial charge < -0.3 is 14.8 Å². The molecule has 10 nitrogen and oxygen atoms in total. The third-order valence-electron chi connectivity index (χ3n) is 6.16. The lowest BCUT2D eigenvalue weighted by atomic mass is 10.1. The molecule has 0 aliphatic heterocycles. The molecule has 10 heteroatoms. The van der Waals surface area contributed by atoms with Gasteiger partial charge in [-0.25, -0.2) is 14.6 Å². The molecule has 0 spiro atoms. The van der Waals surface area contributed by atoms with Crippen molar-refractivity contribution in [2.75, 3.05) is 18.5 Å². The molecule has 5 rings (SSSR count). The topological polar surface area (TPSA) is 109 Å². The molecular weight excluding hydrogens is 482 g/mol. The van der Waals surface area contributed by atoms with E-state index in [1.807, 2.05) is 26.8 Å². The Morgan fingerprint density at radius 3 is 2.45 bits per heavy atom. The van der Waals surface area contributed by atoms with Crippen LogP contribution >= 0.6 is 0 Å². The minimum Gasteiger partial charge on any atom is -0.490 e. The van der Waals surface area contributed by atoms with E-state index in [4.69, 9.17) is 9.47 Å². The molecule has 3 aromatic heterocycles. The summed E-state index contributed by atoms with van der Waals surface area (Å²) in [5.41, 5.74) is 5.05. The number of amides is 1. The van der Waals surface area contributed by atoms with Crippen LogP contribution in [0.1, 0.15) is 41.0 Å². The number of aryl methyl sites for hydroxylation is 3. The minimum absolute atomic E-state index is 0.314. The van der Waals surface area contributed by atoms with Gasteiger partial charge in [0.25, 0.3) is 5.91 Å². The molecule has 194 valence electrons. The molecule has 1 N–H and O–H groups in total. The van der Waals surface area contributed by atoms with Gasteiger partial charge in [0.15, 0.2) is 23.0 Å². The Balaban J connectivity index is 1.50. The summed E-state index contributed by atoms with van der Waals surface area (Å²) in [7, 11) is 0. The first-order valence-corrected chi connectivity index (χ1v) is 12.4. The van der Waals surface area contributed by atoms with E-state index in [0.29, 0.717) is 52.9 Å². The molecule has 5 aromatic rings. The lowest BCUT2D eigenvalue weighted by molar-refractivity contribution is 0.102. The second-order valence-corrected chi connectivity index (χ2v) is 8.82. The van der Waals surface area contributed by atoms with Crippen LogP contribution in [-0.4, -0.2) is 48.6 Å². The first-order valence-electron chi connectivity index (χ1n) is 12.4. The molecule has 0 saturated carbocycles. The van der Waals surface area contributed by atoms with E-state index < -0.39 is 0 Å². The summed E-state index contributed by atoms with van der Waals surface area (Å²) in [6.07, 6.45) is 3.18. The molecule has 0 fully saturated rings. The van der Waals surface area contributed by atoms with Gasteiger partial charge in [-0.2, -0.15) is 14.9 Å².